The molecule has 0 spiro atoms. The van der Waals surface area contributed by atoms with Crippen LogP contribution in [0.4, 0.5) is 5.69 Å². The number of amides is 1. The van der Waals surface area contributed by atoms with Crippen molar-refractivity contribution in [3.8, 4) is 0 Å². The number of benzene rings is 1. The van der Waals surface area contributed by atoms with Crippen LogP contribution in [-0.2, 0) is 14.8 Å². The van der Waals surface area contributed by atoms with Crippen LogP contribution in [0, 0.1) is 6.92 Å². The number of aryl methyl sites for hydroxylation is 1. The van der Waals surface area contributed by atoms with Gasteiger partial charge in [-0.25, -0.2) is 13.1 Å². The summed E-state index contributed by atoms with van der Waals surface area (Å²) in [5.74, 6) is -0.371. The van der Waals surface area contributed by atoms with Crippen LogP contribution in [0.2, 0.25) is 0 Å². The van der Waals surface area contributed by atoms with E-state index in [-0.39, 0.29) is 29.3 Å². The highest BCUT2D eigenvalue weighted by Gasteiger charge is 2.29. The summed E-state index contributed by atoms with van der Waals surface area (Å²) in [7, 11) is -3.55. The quantitative estimate of drug-likeness (QED) is 0.751. The summed E-state index contributed by atoms with van der Waals surface area (Å²) in [5.41, 5.74) is 5.73. The van der Waals surface area contributed by atoms with Crippen LogP contribution in [-0.4, -0.2) is 25.9 Å². The SMILES string of the molecule is Cc1ccc(NC(=O)C(C)(C)N)cc1S(=O)(=O)NC1CC1.Cl. The maximum absolute atomic E-state index is 12.3. The summed E-state index contributed by atoms with van der Waals surface area (Å²) in [6.07, 6.45) is 1.74. The second kappa shape index (κ2) is 6.54. The highest BCUT2D eigenvalue weighted by Crippen LogP contribution is 2.25. The number of sulfonamides is 1. The summed E-state index contributed by atoms with van der Waals surface area (Å²) >= 11 is 0. The molecule has 2 rings (SSSR count). The Balaban J connectivity index is 0.00000242. The van der Waals surface area contributed by atoms with Crippen LogP contribution < -0.4 is 15.8 Å². The van der Waals surface area contributed by atoms with Gasteiger partial charge in [0.2, 0.25) is 15.9 Å². The minimum Gasteiger partial charge on any atom is -0.324 e. The highest BCUT2D eigenvalue weighted by molar-refractivity contribution is 7.89. The fraction of sp³-hybridized carbons (Fsp3) is 0.500. The predicted octanol–water partition coefficient (Wildman–Crippen LogP) is 1.53. The second-order valence-electron chi connectivity index (χ2n) is 6.05. The molecule has 0 saturated heterocycles. The number of hydrogen-bond donors (Lipinski definition) is 3. The Morgan fingerprint density at radius 2 is 1.91 bits per heavy atom. The van der Waals surface area contributed by atoms with Crippen molar-refractivity contribution in [2.45, 2.75) is 50.1 Å². The third kappa shape index (κ3) is 4.67. The van der Waals surface area contributed by atoms with Gasteiger partial charge < -0.3 is 11.1 Å². The molecule has 8 heteroatoms. The van der Waals surface area contributed by atoms with E-state index in [1.165, 1.54) is 6.07 Å². The first-order valence-electron chi connectivity index (χ1n) is 6.83. The average Bonchev–Trinajstić information content (AvgIpc) is 3.13. The van der Waals surface area contributed by atoms with Crippen molar-refractivity contribution in [3.63, 3.8) is 0 Å². The lowest BCUT2D eigenvalue weighted by Crippen LogP contribution is -2.45. The largest absolute Gasteiger partial charge is 0.324 e. The predicted molar refractivity (Wildman–Crippen MR) is 88.7 cm³/mol. The molecule has 0 aliphatic heterocycles. The molecule has 1 aromatic carbocycles. The van der Waals surface area contributed by atoms with Crippen LogP contribution in [0.25, 0.3) is 0 Å². The van der Waals surface area contributed by atoms with Gasteiger partial charge in [0.1, 0.15) is 0 Å². The molecule has 1 amide bonds. The lowest BCUT2D eigenvalue weighted by atomic mass is 10.1. The van der Waals surface area contributed by atoms with Crippen LogP contribution in [0.1, 0.15) is 32.3 Å². The van der Waals surface area contributed by atoms with E-state index < -0.39 is 15.6 Å². The fourth-order valence-corrected chi connectivity index (χ4v) is 3.32. The van der Waals surface area contributed by atoms with E-state index in [2.05, 4.69) is 10.0 Å². The number of carbonyl (C=O) groups excluding carboxylic acids is 1. The minimum atomic E-state index is -3.55. The summed E-state index contributed by atoms with van der Waals surface area (Å²) < 4.78 is 27.2. The third-order valence-electron chi connectivity index (χ3n) is 3.22. The van der Waals surface area contributed by atoms with Crippen LogP contribution in [0.3, 0.4) is 0 Å². The van der Waals surface area contributed by atoms with Gasteiger partial charge in [0.25, 0.3) is 0 Å². The number of hydrogen-bond acceptors (Lipinski definition) is 4. The molecule has 0 unspecified atom stereocenters. The van der Waals surface area contributed by atoms with Gasteiger partial charge in [-0.3, -0.25) is 4.79 Å². The lowest BCUT2D eigenvalue weighted by molar-refractivity contribution is -0.120. The van der Waals surface area contributed by atoms with Crippen molar-refractivity contribution in [1.82, 2.24) is 4.72 Å². The molecule has 1 aliphatic rings. The number of carbonyl (C=O) groups is 1. The number of anilines is 1. The molecular weight excluding hydrogens is 326 g/mol. The van der Waals surface area contributed by atoms with Crippen molar-refractivity contribution < 1.29 is 13.2 Å². The van der Waals surface area contributed by atoms with Crippen LogP contribution in [0.5, 0.6) is 0 Å². The van der Waals surface area contributed by atoms with E-state index >= 15 is 0 Å². The Kier molecular flexibility index (Phi) is 5.61. The van der Waals surface area contributed by atoms with Gasteiger partial charge in [-0.2, -0.15) is 0 Å². The molecule has 22 heavy (non-hydrogen) atoms. The zero-order valence-corrected chi connectivity index (χ0v) is 14.5. The Morgan fingerprint density at radius 1 is 1.32 bits per heavy atom. The topological polar surface area (TPSA) is 101 Å². The first-order valence-corrected chi connectivity index (χ1v) is 8.31. The number of rotatable bonds is 5. The molecule has 4 N–H and O–H groups in total. The van der Waals surface area contributed by atoms with Gasteiger partial charge in [0.15, 0.2) is 0 Å². The molecule has 1 fully saturated rings. The zero-order chi connectivity index (χ0) is 15.8. The molecule has 6 nitrogen and oxygen atoms in total. The van der Waals surface area contributed by atoms with Gasteiger partial charge in [-0.1, -0.05) is 6.07 Å². The maximum Gasteiger partial charge on any atom is 0.243 e. The Labute approximate surface area is 137 Å². The van der Waals surface area contributed by atoms with Gasteiger partial charge in [0, 0.05) is 11.7 Å². The Morgan fingerprint density at radius 3 is 2.41 bits per heavy atom. The van der Waals surface area contributed by atoms with Crippen molar-refractivity contribution in [1.29, 1.82) is 0 Å². The van der Waals surface area contributed by atoms with Gasteiger partial charge in [0.05, 0.1) is 10.4 Å². The fourth-order valence-electron chi connectivity index (χ4n) is 1.74. The molecule has 0 heterocycles. The molecule has 0 atom stereocenters. The van der Waals surface area contributed by atoms with Crippen LogP contribution in [0.15, 0.2) is 23.1 Å². The molecule has 1 saturated carbocycles. The third-order valence-corrected chi connectivity index (χ3v) is 4.88. The average molecular weight is 348 g/mol. The number of nitrogens with one attached hydrogen (secondary N) is 2. The van der Waals surface area contributed by atoms with E-state index in [4.69, 9.17) is 5.73 Å². The first kappa shape index (κ1) is 18.9. The normalized spacial score (nSPS) is 15.1. The lowest BCUT2D eigenvalue weighted by Gasteiger charge is -2.18. The van der Waals surface area contributed by atoms with Gasteiger partial charge in [-0.05, 0) is 51.3 Å². The summed E-state index contributed by atoms with van der Waals surface area (Å²) in [5, 5.41) is 2.63. The van der Waals surface area contributed by atoms with Crippen molar-refractivity contribution in [2.75, 3.05) is 5.32 Å². The molecule has 1 aliphatic carbocycles. The van der Waals surface area contributed by atoms with E-state index in [9.17, 15) is 13.2 Å². The summed E-state index contributed by atoms with van der Waals surface area (Å²) in [6, 6.07) is 4.83. The van der Waals surface area contributed by atoms with E-state index in [0.29, 0.717) is 11.3 Å². The molecule has 0 bridgehead atoms. The first-order chi connectivity index (χ1) is 9.59. The van der Waals surface area contributed by atoms with E-state index in [0.717, 1.165) is 12.8 Å². The van der Waals surface area contributed by atoms with Gasteiger partial charge in [-0.15, -0.1) is 12.4 Å². The number of nitrogens with two attached hydrogens (primary N) is 1. The molecule has 0 aromatic heterocycles. The second-order valence-corrected chi connectivity index (χ2v) is 7.73. The molecular formula is C14H22ClN3O3S. The Bertz CT molecular complexity index is 664. The number of halogens is 1. The van der Waals surface area contributed by atoms with Crippen molar-refractivity contribution in [2.24, 2.45) is 5.73 Å². The highest BCUT2D eigenvalue weighted by atomic mass is 35.5. The minimum absolute atomic E-state index is 0. The van der Waals surface area contributed by atoms with Gasteiger partial charge >= 0.3 is 0 Å². The Hall–Kier alpha value is -1.15. The zero-order valence-electron chi connectivity index (χ0n) is 12.8. The summed E-state index contributed by atoms with van der Waals surface area (Å²) in [4.78, 5) is 12.0. The summed E-state index contributed by atoms with van der Waals surface area (Å²) in [6.45, 7) is 4.89. The monoisotopic (exact) mass is 347 g/mol. The van der Waals surface area contributed by atoms with Crippen molar-refractivity contribution in [3.05, 3.63) is 23.8 Å². The van der Waals surface area contributed by atoms with Crippen molar-refractivity contribution >= 4 is 34.0 Å². The standard InChI is InChI=1S/C14H21N3O3S.ClH/c1-9-4-5-11(16-13(18)14(2,3)15)8-12(9)21(19,20)17-10-6-7-10;/h4-5,8,10,17H,6-7,15H2,1-3H3,(H,16,18);1H. The van der Waals surface area contributed by atoms with Crippen LogP contribution >= 0.6 is 12.4 Å². The molecule has 0 radical (unpaired) electrons. The molecule has 124 valence electrons. The van der Waals surface area contributed by atoms with E-state index in [1.807, 2.05) is 0 Å². The maximum atomic E-state index is 12.3. The smallest absolute Gasteiger partial charge is 0.243 e. The van der Waals surface area contributed by atoms with E-state index in [1.54, 1.807) is 32.9 Å². The molecule has 1 aromatic rings.